The summed E-state index contributed by atoms with van der Waals surface area (Å²) in [7, 11) is 0. The van der Waals surface area contributed by atoms with Gasteiger partial charge >= 0.3 is 0 Å². The monoisotopic (exact) mass is 326 g/mol. The zero-order valence-electron chi connectivity index (χ0n) is 13.0. The van der Waals surface area contributed by atoms with Crippen LogP contribution in [0.3, 0.4) is 0 Å². The number of rotatable bonds is 5. The molecule has 0 saturated carbocycles. The molecule has 0 unspecified atom stereocenters. The highest BCUT2D eigenvalue weighted by Crippen LogP contribution is 2.19. The van der Waals surface area contributed by atoms with Gasteiger partial charge in [0.1, 0.15) is 23.9 Å². The summed E-state index contributed by atoms with van der Waals surface area (Å²) < 4.78 is 23.8. The molecule has 1 amide bonds. The van der Waals surface area contributed by atoms with Crippen LogP contribution < -0.4 is 10.1 Å². The van der Waals surface area contributed by atoms with Gasteiger partial charge in [-0.05, 0) is 31.2 Å². The molecular formula is C18H15FN2O3. The molecule has 0 radical (unpaired) electrons. The van der Waals surface area contributed by atoms with Gasteiger partial charge in [-0.2, -0.15) is 0 Å². The first-order valence-electron chi connectivity index (χ1n) is 7.33. The minimum Gasteiger partial charge on any atom is -0.489 e. The quantitative estimate of drug-likeness (QED) is 0.771. The Kier molecular flexibility index (Phi) is 4.56. The van der Waals surface area contributed by atoms with Crippen LogP contribution in [0.4, 0.5) is 10.1 Å². The lowest BCUT2D eigenvalue weighted by Gasteiger charge is -2.07. The molecule has 122 valence electrons. The van der Waals surface area contributed by atoms with Crippen LogP contribution in [-0.4, -0.2) is 11.1 Å². The summed E-state index contributed by atoms with van der Waals surface area (Å²) in [5.41, 5.74) is 1.32. The zero-order valence-corrected chi connectivity index (χ0v) is 13.0. The van der Waals surface area contributed by atoms with Crippen LogP contribution in [0.5, 0.6) is 5.75 Å². The number of benzene rings is 2. The fraction of sp³-hybridized carbons (Fsp3) is 0.111. The third kappa shape index (κ3) is 3.60. The van der Waals surface area contributed by atoms with Crippen molar-refractivity contribution in [2.75, 3.05) is 5.32 Å². The third-order valence-electron chi connectivity index (χ3n) is 3.41. The summed E-state index contributed by atoms with van der Waals surface area (Å²) in [5.74, 6) is 0.0575. The topological polar surface area (TPSA) is 64.4 Å². The number of nitrogens with zero attached hydrogens (tertiary/aromatic N) is 1. The zero-order chi connectivity index (χ0) is 16.9. The minimum atomic E-state index is -0.393. The van der Waals surface area contributed by atoms with E-state index in [2.05, 4.69) is 10.5 Å². The molecule has 0 aliphatic rings. The molecule has 2 aromatic carbocycles. The van der Waals surface area contributed by atoms with Gasteiger partial charge in [0, 0.05) is 11.8 Å². The maximum absolute atomic E-state index is 13.2. The molecule has 0 aliphatic heterocycles. The van der Waals surface area contributed by atoms with Crippen LogP contribution >= 0.6 is 0 Å². The van der Waals surface area contributed by atoms with Crippen LogP contribution in [0.1, 0.15) is 21.8 Å². The second-order valence-corrected chi connectivity index (χ2v) is 5.13. The molecular weight excluding hydrogens is 311 g/mol. The molecule has 5 nitrogen and oxygen atoms in total. The van der Waals surface area contributed by atoms with Gasteiger partial charge in [0.15, 0.2) is 5.69 Å². The Labute approximate surface area is 138 Å². The summed E-state index contributed by atoms with van der Waals surface area (Å²) in [6.07, 6.45) is 0. The average molecular weight is 326 g/mol. The second kappa shape index (κ2) is 6.95. The number of aryl methyl sites for hydroxylation is 1. The van der Waals surface area contributed by atoms with E-state index in [1.807, 2.05) is 18.2 Å². The number of para-hydroxylation sites is 1. The second-order valence-electron chi connectivity index (χ2n) is 5.13. The van der Waals surface area contributed by atoms with Gasteiger partial charge in [-0.1, -0.05) is 29.4 Å². The van der Waals surface area contributed by atoms with E-state index in [0.29, 0.717) is 22.8 Å². The van der Waals surface area contributed by atoms with E-state index in [-0.39, 0.29) is 12.3 Å². The number of carbonyl (C=O) groups is 1. The number of hydrogen-bond acceptors (Lipinski definition) is 4. The number of hydrogen-bond donors (Lipinski definition) is 1. The van der Waals surface area contributed by atoms with E-state index in [0.717, 1.165) is 0 Å². The highest BCUT2D eigenvalue weighted by molar-refractivity contribution is 6.03. The molecule has 3 aromatic rings. The molecule has 3 rings (SSSR count). The van der Waals surface area contributed by atoms with Gasteiger partial charge in [-0.15, -0.1) is 0 Å². The highest BCUT2D eigenvalue weighted by atomic mass is 19.1. The van der Waals surface area contributed by atoms with Crippen molar-refractivity contribution < 1.29 is 18.4 Å². The van der Waals surface area contributed by atoms with Crippen molar-refractivity contribution in [2.24, 2.45) is 0 Å². The number of halogens is 1. The van der Waals surface area contributed by atoms with Gasteiger partial charge in [0.25, 0.3) is 5.91 Å². The molecule has 1 N–H and O–H groups in total. The first-order chi connectivity index (χ1) is 11.6. The molecule has 6 heteroatoms. The molecule has 0 fully saturated rings. The van der Waals surface area contributed by atoms with E-state index in [4.69, 9.17) is 9.26 Å². The van der Waals surface area contributed by atoms with E-state index in [1.54, 1.807) is 31.2 Å². The SMILES string of the molecule is Cc1onc(C(=O)Nc2ccccc2)c1COc1cccc(F)c1. The molecule has 0 aliphatic carbocycles. The van der Waals surface area contributed by atoms with E-state index in [1.165, 1.54) is 12.1 Å². The van der Waals surface area contributed by atoms with Crippen LogP contribution in [-0.2, 0) is 6.61 Å². The van der Waals surface area contributed by atoms with E-state index in [9.17, 15) is 9.18 Å². The third-order valence-corrected chi connectivity index (χ3v) is 3.41. The standard InChI is InChI=1S/C18H15FN2O3/c1-12-16(11-23-15-9-5-6-13(19)10-15)17(21-24-12)18(22)20-14-7-3-2-4-8-14/h2-10H,11H2,1H3,(H,20,22). The van der Waals surface area contributed by atoms with Gasteiger partial charge in [0.05, 0.1) is 5.56 Å². The lowest BCUT2D eigenvalue weighted by atomic mass is 10.2. The number of amides is 1. The van der Waals surface area contributed by atoms with Crippen molar-refractivity contribution in [3.8, 4) is 5.75 Å². The normalized spacial score (nSPS) is 10.4. The number of carbonyl (C=O) groups excluding carboxylic acids is 1. The molecule has 0 spiro atoms. The minimum absolute atomic E-state index is 0.0519. The van der Waals surface area contributed by atoms with Crippen molar-refractivity contribution in [2.45, 2.75) is 13.5 Å². The number of aromatic nitrogens is 1. The lowest BCUT2D eigenvalue weighted by molar-refractivity contribution is 0.101. The Morgan fingerprint density at radius 3 is 2.75 bits per heavy atom. The molecule has 0 atom stereocenters. The largest absolute Gasteiger partial charge is 0.489 e. The van der Waals surface area contributed by atoms with Gasteiger partial charge in [-0.25, -0.2) is 4.39 Å². The van der Waals surface area contributed by atoms with E-state index >= 15 is 0 Å². The molecule has 24 heavy (non-hydrogen) atoms. The number of ether oxygens (including phenoxy) is 1. The Morgan fingerprint density at radius 1 is 1.21 bits per heavy atom. The van der Waals surface area contributed by atoms with Crippen LogP contribution in [0.15, 0.2) is 59.1 Å². The summed E-state index contributed by atoms with van der Waals surface area (Å²) in [5, 5.41) is 6.54. The Bertz CT molecular complexity index is 846. The Morgan fingerprint density at radius 2 is 2.00 bits per heavy atom. The fourth-order valence-electron chi connectivity index (χ4n) is 2.16. The summed E-state index contributed by atoms with van der Waals surface area (Å²) in [4.78, 5) is 12.4. The lowest BCUT2D eigenvalue weighted by Crippen LogP contribution is -2.15. The fourth-order valence-corrected chi connectivity index (χ4v) is 2.16. The first-order valence-corrected chi connectivity index (χ1v) is 7.33. The average Bonchev–Trinajstić information content (AvgIpc) is 2.95. The molecule has 0 bridgehead atoms. The molecule has 1 heterocycles. The van der Waals surface area contributed by atoms with Crippen molar-refractivity contribution in [3.05, 3.63) is 77.4 Å². The molecule has 1 aromatic heterocycles. The van der Waals surface area contributed by atoms with Crippen molar-refractivity contribution in [3.63, 3.8) is 0 Å². The van der Waals surface area contributed by atoms with Crippen molar-refractivity contribution in [1.82, 2.24) is 5.16 Å². The number of anilines is 1. The van der Waals surface area contributed by atoms with Gasteiger partial charge in [-0.3, -0.25) is 4.79 Å². The summed E-state index contributed by atoms with van der Waals surface area (Å²) in [6.45, 7) is 1.74. The first kappa shape index (κ1) is 15.7. The highest BCUT2D eigenvalue weighted by Gasteiger charge is 2.20. The van der Waals surface area contributed by atoms with Crippen LogP contribution in [0, 0.1) is 12.7 Å². The predicted molar refractivity (Wildman–Crippen MR) is 86.4 cm³/mol. The Hall–Kier alpha value is -3.15. The van der Waals surface area contributed by atoms with Gasteiger partial charge in [0.2, 0.25) is 0 Å². The van der Waals surface area contributed by atoms with Crippen molar-refractivity contribution in [1.29, 1.82) is 0 Å². The van der Waals surface area contributed by atoms with Crippen LogP contribution in [0.25, 0.3) is 0 Å². The maximum Gasteiger partial charge on any atom is 0.278 e. The maximum atomic E-state index is 13.2. The predicted octanol–water partition coefficient (Wildman–Crippen LogP) is 3.95. The number of nitrogens with one attached hydrogen (secondary N) is 1. The van der Waals surface area contributed by atoms with Crippen LogP contribution in [0.2, 0.25) is 0 Å². The van der Waals surface area contributed by atoms with Crippen molar-refractivity contribution >= 4 is 11.6 Å². The summed E-state index contributed by atoms with van der Waals surface area (Å²) in [6, 6.07) is 14.8. The smallest absolute Gasteiger partial charge is 0.278 e. The summed E-state index contributed by atoms with van der Waals surface area (Å²) >= 11 is 0. The van der Waals surface area contributed by atoms with E-state index < -0.39 is 11.7 Å². The molecule has 0 saturated heterocycles. The van der Waals surface area contributed by atoms with Gasteiger partial charge < -0.3 is 14.6 Å². The Balaban J connectivity index is 1.74.